The van der Waals surface area contributed by atoms with Crippen LogP contribution >= 0.6 is 25.3 Å². The minimum atomic E-state index is -0.0271. The molecule has 0 rings (SSSR count). The lowest BCUT2D eigenvalue weighted by Gasteiger charge is -2.22. The normalized spacial score (nSPS) is 12.0. The Kier molecular flexibility index (Phi) is 22.0. The molecule has 27 heavy (non-hydrogen) atoms. The van der Waals surface area contributed by atoms with Crippen LogP contribution in [0.1, 0.15) is 155 Å². The molecule has 0 aliphatic heterocycles. The first-order valence-electron chi connectivity index (χ1n) is 12.6. The Morgan fingerprint density at radius 3 is 0.852 bits per heavy atom. The van der Waals surface area contributed by atoms with Crippen molar-refractivity contribution >= 4 is 25.3 Å². The van der Waals surface area contributed by atoms with Crippen molar-refractivity contribution in [1.29, 1.82) is 0 Å². The van der Waals surface area contributed by atoms with Gasteiger partial charge >= 0.3 is 0 Å². The van der Waals surface area contributed by atoms with Crippen LogP contribution in [-0.4, -0.2) is 4.08 Å². The lowest BCUT2D eigenvalue weighted by atomic mass is 10.0. The molecule has 0 N–H and O–H groups in total. The van der Waals surface area contributed by atoms with Crippen LogP contribution in [-0.2, 0) is 0 Å². The highest BCUT2D eigenvalue weighted by Crippen LogP contribution is 2.33. The highest BCUT2D eigenvalue weighted by atomic mass is 32.2. The molecule has 0 aromatic rings. The van der Waals surface area contributed by atoms with Gasteiger partial charge in [-0.05, 0) is 12.8 Å². The Morgan fingerprint density at radius 2 is 0.593 bits per heavy atom. The number of hydrogen-bond donors (Lipinski definition) is 2. The molecule has 0 radical (unpaired) electrons. The van der Waals surface area contributed by atoms with Crippen molar-refractivity contribution in [2.75, 3.05) is 0 Å². The van der Waals surface area contributed by atoms with Crippen molar-refractivity contribution in [2.45, 2.75) is 159 Å². The maximum atomic E-state index is 4.83. The number of hydrogen-bond acceptors (Lipinski definition) is 2. The maximum Gasteiger partial charge on any atom is 0.0552 e. The van der Waals surface area contributed by atoms with Crippen molar-refractivity contribution in [3.8, 4) is 0 Å². The summed E-state index contributed by atoms with van der Waals surface area (Å²) in [6.45, 7) is 4.58. The van der Waals surface area contributed by atoms with E-state index in [2.05, 4.69) is 13.8 Å². The Balaban J connectivity index is 3.30. The molecule has 0 atom stereocenters. The highest BCUT2D eigenvalue weighted by Gasteiger charge is 2.18. The third-order valence-electron chi connectivity index (χ3n) is 5.86. The fourth-order valence-electron chi connectivity index (χ4n) is 3.92. The van der Waals surface area contributed by atoms with Gasteiger partial charge in [-0.1, -0.05) is 142 Å². The second-order valence-electron chi connectivity index (χ2n) is 8.85. The molecule has 0 aromatic carbocycles. The molecule has 0 bridgehead atoms. The van der Waals surface area contributed by atoms with E-state index in [-0.39, 0.29) is 4.08 Å². The van der Waals surface area contributed by atoms with Gasteiger partial charge in [-0.3, -0.25) is 0 Å². The summed E-state index contributed by atoms with van der Waals surface area (Å²) in [6.07, 6.45) is 30.5. The van der Waals surface area contributed by atoms with Crippen molar-refractivity contribution in [3.05, 3.63) is 0 Å². The second kappa shape index (κ2) is 21.4. The summed E-state index contributed by atoms with van der Waals surface area (Å²) in [6, 6.07) is 0. The SMILES string of the molecule is CCCCCCCCCCCCCCC(S)(S)CCCCCCCCCC. The van der Waals surface area contributed by atoms with Crippen LogP contribution in [0, 0.1) is 0 Å². The van der Waals surface area contributed by atoms with Crippen LogP contribution in [0.2, 0.25) is 0 Å². The molecule has 0 fully saturated rings. The van der Waals surface area contributed by atoms with E-state index in [1.165, 1.54) is 141 Å². The molecular weight excluding hydrogens is 364 g/mol. The van der Waals surface area contributed by atoms with Gasteiger partial charge in [0.2, 0.25) is 0 Å². The fraction of sp³-hybridized carbons (Fsp3) is 1.00. The lowest BCUT2D eigenvalue weighted by molar-refractivity contribution is 0.514. The van der Waals surface area contributed by atoms with Crippen LogP contribution in [0.15, 0.2) is 0 Å². The Morgan fingerprint density at radius 1 is 0.370 bits per heavy atom. The minimum absolute atomic E-state index is 0.0271. The van der Waals surface area contributed by atoms with Gasteiger partial charge in [-0.2, -0.15) is 25.3 Å². The van der Waals surface area contributed by atoms with Gasteiger partial charge in [0.1, 0.15) is 0 Å². The zero-order valence-corrected chi connectivity index (χ0v) is 20.7. The lowest BCUT2D eigenvalue weighted by Crippen LogP contribution is -2.12. The summed E-state index contributed by atoms with van der Waals surface area (Å²) in [7, 11) is 0. The van der Waals surface area contributed by atoms with Gasteiger partial charge in [-0.25, -0.2) is 0 Å². The van der Waals surface area contributed by atoms with Crippen LogP contribution < -0.4 is 0 Å². The van der Waals surface area contributed by atoms with Gasteiger partial charge in [0, 0.05) is 0 Å². The molecular formula is C25H52S2. The summed E-state index contributed by atoms with van der Waals surface area (Å²) in [5.41, 5.74) is 0. The predicted molar refractivity (Wildman–Crippen MR) is 134 cm³/mol. The van der Waals surface area contributed by atoms with Gasteiger partial charge in [0.05, 0.1) is 4.08 Å². The smallest absolute Gasteiger partial charge is 0.0552 e. The summed E-state index contributed by atoms with van der Waals surface area (Å²) in [5.74, 6) is 0. The Labute approximate surface area is 184 Å². The third-order valence-corrected chi connectivity index (χ3v) is 6.76. The van der Waals surface area contributed by atoms with Crippen molar-refractivity contribution in [2.24, 2.45) is 0 Å². The molecule has 0 aromatic heterocycles. The zero-order chi connectivity index (χ0) is 20.1. The topological polar surface area (TPSA) is 0 Å². The summed E-state index contributed by atoms with van der Waals surface area (Å²) in [5, 5.41) is 0. The van der Waals surface area contributed by atoms with Crippen molar-refractivity contribution in [1.82, 2.24) is 0 Å². The first-order chi connectivity index (χ1) is 13.1. The highest BCUT2D eigenvalue weighted by molar-refractivity contribution is 8.00. The van der Waals surface area contributed by atoms with E-state index in [0.29, 0.717) is 0 Å². The van der Waals surface area contributed by atoms with Gasteiger partial charge in [-0.15, -0.1) is 0 Å². The molecule has 164 valence electrons. The van der Waals surface area contributed by atoms with Gasteiger partial charge in [0.25, 0.3) is 0 Å². The largest absolute Gasteiger partial charge is 0.162 e. The predicted octanol–water partition coefficient (Wildman–Crippen LogP) is 10.2. The summed E-state index contributed by atoms with van der Waals surface area (Å²) >= 11 is 9.66. The molecule has 0 saturated carbocycles. The second-order valence-corrected chi connectivity index (χ2v) is 10.9. The average molecular weight is 417 g/mol. The van der Waals surface area contributed by atoms with Crippen LogP contribution in [0.5, 0.6) is 0 Å². The molecule has 0 nitrogen and oxygen atoms in total. The molecule has 0 unspecified atom stereocenters. The van der Waals surface area contributed by atoms with E-state index in [9.17, 15) is 0 Å². The fourth-order valence-corrected chi connectivity index (χ4v) is 4.55. The maximum absolute atomic E-state index is 4.83. The number of rotatable bonds is 22. The molecule has 0 saturated heterocycles. The number of unbranched alkanes of at least 4 members (excludes halogenated alkanes) is 18. The van der Waals surface area contributed by atoms with Crippen molar-refractivity contribution < 1.29 is 0 Å². The van der Waals surface area contributed by atoms with E-state index in [4.69, 9.17) is 25.3 Å². The van der Waals surface area contributed by atoms with E-state index < -0.39 is 0 Å². The zero-order valence-electron chi connectivity index (χ0n) is 19.0. The van der Waals surface area contributed by atoms with E-state index in [1.807, 2.05) is 0 Å². The van der Waals surface area contributed by atoms with Crippen molar-refractivity contribution in [3.63, 3.8) is 0 Å². The first-order valence-corrected chi connectivity index (χ1v) is 13.5. The van der Waals surface area contributed by atoms with E-state index >= 15 is 0 Å². The summed E-state index contributed by atoms with van der Waals surface area (Å²) < 4.78 is -0.0271. The molecule has 0 spiro atoms. The van der Waals surface area contributed by atoms with Crippen LogP contribution in [0.3, 0.4) is 0 Å². The molecule has 0 aliphatic carbocycles. The monoisotopic (exact) mass is 416 g/mol. The molecule has 0 amide bonds. The minimum Gasteiger partial charge on any atom is -0.162 e. The van der Waals surface area contributed by atoms with E-state index in [1.54, 1.807) is 0 Å². The quantitative estimate of drug-likeness (QED) is 0.0978. The Hall–Kier alpha value is 0.700. The average Bonchev–Trinajstić information content (AvgIpc) is 2.64. The van der Waals surface area contributed by atoms with Gasteiger partial charge in [0.15, 0.2) is 0 Å². The van der Waals surface area contributed by atoms with Gasteiger partial charge < -0.3 is 0 Å². The van der Waals surface area contributed by atoms with E-state index in [0.717, 1.165) is 0 Å². The first kappa shape index (κ1) is 27.7. The van der Waals surface area contributed by atoms with Crippen LogP contribution in [0.25, 0.3) is 0 Å². The molecule has 0 aliphatic rings. The number of thiol groups is 2. The standard InChI is InChI=1S/C25H52S2/c1-3-5-7-9-11-13-14-15-16-18-20-22-24-25(26,27)23-21-19-17-12-10-8-6-4-2/h26-27H,3-24H2,1-2H3. The third kappa shape index (κ3) is 22.8. The summed E-state index contributed by atoms with van der Waals surface area (Å²) in [4.78, 5) is 0. The molecule has 2 heteroatoms. The van der Waals surface area contributed by atoms with Crippen LogP contribution in [0.4, 0.5) is 0 Å². The molecule has 0 heterocycles. The Bertz CT molecular complexity index is 275.